The summed E-state index contributed by atoms with van der Waals surface area (Å²) in [5.74, 6) is 0.872. The molecule has 0 unspecified atom stereocenters. The van der Waals surface area contributed by atoms with Crippen molar-refractivity contribution in [2.24, 2.45) is 0 Å². The van der Waals surface area contributed by atoms with Gasteiger partial charge in [-0.2, -0.15) is 5.26 Å². The van der Waals surface area contributed by atoms with Crippen molar-refractivity contribution in [3.05, 3.63) is 107 Å². The number of ether oxygens (including phenoxy) is 2. The zero-order valence-corrected chi connectivity index (χ0v) is 19.2. The highest BCUT2D eigenvalue weighted by Gasteiger charge is 2.19. The van der Waals surface area contributed by atoms with Crippen molar-refractivity contribution in [1.82, 2.24) is 0 Å². The summed E-state index contributed by atoms with van der Waals surface area (Å²) in [4.78, 5) is 13.3. The molecule has 0 N–H and O–H groups in total. The van der Waals surface area contributed by atoms with E-state index in [-0.39, 0.29) is 5.78 Å². The first-order valence-electron chi connectivity index (χ1n) is 11.3. The molecule has 0 aliphatic rings. The van der Waals surface area contributed by atoms with Gasteiger partial charge in [0.05, 0.1) is 30.4 Å². The maximum Gasteiger partial charge on any atom is 0.196 e. The average molecular weight is 448 g/mol. The maximum atomic E-state index is 13.3. The Labute approximate surface area is 199 Å². The maximum absolute atomic E-state index is 13.3. The quantitative estimate of drug-likeness (QED) is 0.167. The van der Waals surface area contributed by atoms with Gasteiger partial charge in [0.25, 0.3) is 0 Å². The topological polar surface area (TPSA) is 59.3 Å². The number of hydrogen-bond acceptors (Lipinski definition) is 4. The van der Waals surface area contributed by atoms with E-state index in [2.05, 4.69) is 6.07 Å². The number of ketones is 1. The molecule has 0 saturated carbocycles. The average Bonchev–Trinajstić information content (AvgIpc) is 2.88. The van der Waals surface area contributed by atoms with Crippen molar-refractivity contribution >= 4 is 28.2 Å². The van der Waals surface area contributed by atoms with Crippen molar-refractivity contribution < 1.29 is 14.3 Å². The Morgan fingerprint density at radius 1 is 0.794 bits per heavy atom. The van der Waals surface area contributed by atoms with Crippen molar-refractivity contribution in [1.29, 1.82) is 5.26 Å². The van der Waals surface area contributed by atoms with E-state index in [1.807, 2.05) is 74.5 Å². The second-order valence-corrected chi connectivity index (χ2v) is 7.68. The highest BCUT2D eigenvalue weighted by molar-refractivity contribution is 6.11. The lowest BCUT2D eigenvalue weighted by Crippen LogP contribution is -2.07. The van der Waals surface area contributed by atoms with Crippen LogP contribution < -0.4 is 9.47 Å². The fourth-order valence-corrected chi connectivity index (χ4v) is 3.86. The third kappa shape index (κ3) is 4.84. The number of carbonyl (C=O) groups is 1. The van der Waals surface area contributed by atoms with Crippen LogP contribution in [0, 0.1) is 11.3 Å². The van der Waals surface area contributed by atoms with Gasteiger partial charge in [0.1, 0.15) is 11.5 Å². The second-order valence-electron chi connectivity index (χ2n) is 7.68. The van der Waals surface area contributed by atoms with Gasteiger partial charge < -0.3 is 9.47 Å². The molecule has 0 aromatic heterocycles. The summed E-state index contributed by atoms with van der Waals surface area (Å²) in [6, 6.07) is 28.8. The molecule has 0 aliphatic heterocycles. The van der Waals surface area contributed by atoms with Crippen LogP contribution in [0.3, 0.4) is 0 Å². The van der Waals surface area contributed by atoms with E-state index in [0.29, 0.717) is 47.0 Å². The lowest BCUT2D eigenvalue weighted by atomic mass is 9.96. The van der Waals surface area contributed by atoms with Crippen LogP contribution in [0.2, 0.25) is 0 Å². The van der Waals surface area contributed by atoms with Crippen LogP contribution >= 0.6 is 0 Å². The number of carbonyl (C=O) groups excluding carboxylic acids is 1. The van der Waals surface area contributed by atoms with Crippen molar-refractivity contribution in [2.75, 3.05) is 13.2 Å². The van der Waals surface area contributed by atoms with Gasteiger partial charge in [0.2, 0.25) is 0 Å². The molecule has 4 nitrogen and oxygen atoms in total. The van der Waals surface area contributed by atoms with Crippen LogP contribution in [-0.4, -0.2) is 19.0 Å². The Hall–Kier alpha value is -4.36. The van der Waals surface area contributed by atoms with Gasteiger partial charge in [0, 0.05) is 17.2 Å². The molecule has 0 radical (unpaired) electrons. The molecule has 4 rings (SSSR count). The predicted octanol–water partition coefficient (Wildman–Crippen LogP) is 6.93. The number of hydrogen-bond donors (Lipinski definition) is 0. The summed E-state index contributed by atoms with van der Waals surface area (Å²) in [5, 5.41) is 12.1. The summed E-state index contributed by atoms with van der Waals surface area (Å²) in [7, 11) is 0. The molecule has 34 heavy (non-hydrogen) atoms. The minimum absolute atomic E-state index is 0.147. The first-order valence-corrected chi connectivity index (χ1v) is 11.3. The van der Waals surface area contributed by atoms with Crippen LogP contribution in [0.1, 0.15) is 40.9 Å². The standard InChI is InChI=1S/C30H25NO3/c1-3-33-28-19-29(34-4-2)27(30(32)22-11-6-5-7-12-22)18-25(28)17-26(20-31)24-15-14-21-10-8-9-13-23(21)16-24/h5-19H,3-4H2,1-2H3/b26-17-. The fraction of sp³-hybridized carbons (Fsp3) is 0.133. The van der Waals surface area contributed by atoms with E-state index in [1.165, 1.54) is 0 Å². The Morgan fingerprint density at radius 3 is 2.18 bits per heavy atom. The Kier molecular flexibility index (Phi) is 7.05. The molecule has 0 atom stereocenters. The molecule has 168 valence electrons. The van der Waals surface area contributed by atoms with Crippen LogP contribution in [0.5, 0.6) is 11.5 Å². The summed E-state index contributed by atoms with van der Waals surface area (Å²) in [6.07, 6.45) is 1.77. The van der Waals surface area contributed by atoms with Gasteiger partial charge in [-0.1, -0.05) is 66.7 Å². The first-order chi connectivity index (χ1) is 16.6. The molecular formula is C30H25NO3. The largest absolute Gasteiger partial charge is 0.493 e. The van der Waals surface area contributed by atoms with E-state index in [4.69, 9.17) is 9.47 Å². The molecule has 0 amide bonds. The zero-order valence-electron chi connectivity index (χ0n) is 19.2. The van der Waals surface area contributed by atoms with E-state index in [1.54, 1.807) is 30.3 Å². The Balaban J connectivity index is 1.86. The second kappa shape index (κ2) is 10.5. The molecule has 0 heterocycles. The molecule has 4 aromatic carbocycles. The molecule has 0 fully saturated rings. The summed E-state index contributed by atoms with van der Waals surface area (Å²) < 4.78 is 11.7. The Bertz CT molecular complexity index is 1400. The van der Waals surface area contributed by atoms with Gasteiger partial charge in [-0.3, -0.25) is 4.79 Å². The minimum atomic E-state index is -0.147. The normalized spacial score (nSPS) is 11.1. The molecule has 0 aliphatic carbocycles. The SMILES string of the molecule is CCOc1cc(OCC)c(C(=O)c2ccccc2)cc1/C=C(/C#N)c1ccc2ccccc2c1. The van der Waals surface area contributed by atoms with Gasteiger partial charge in [0.15, 0.2) is 5.78 Å². The lowest BCUT2D eigenvalue weighted by Gasteiger charge is -2.15. The van der Waals surface area contributed by atoms with Crippen LogP contribution in [0.4, 0.5) is 0 Å². The third-order valence-electron chi connectivity index (χ3n) is 5.47. The number of nitriles is 1. The smallest absolute Gasteiger partial charge is 0.196 e. The summed E-state index contributed by atoms with van der Waals surface area (Å²) >= 11 is 0. The number of nitrogens with zero attached hydrogens (tertiary/aromatic N) is 1. The number of benzene rings is 4. The van der Waals surface area contributed by atoms with E-state index < -0.39 is 0 Å². The van der Waals surface area contributed by atoms with Crippen LogP contribution in [0.25, 0.3) is 22.4 Å². The van der Waals surface area contributed by atoms with Gasteiger partial charge in [-0.15, -0.1) is 0 Å². The number of rotatable bonds is 8. The highest BCUT2D eigenvalue weighted by atomic mass is 16.5. The first kappa shape index (κ1) is 22.8. The minimum Gasteiger partial charge on any atom is -0.493 e. The molecule has 4 aromatic rings. The van der Waals surface area contributed by atoms with Crippen molar-refractivity contribution in [2.45, 2.75) is 13.8 Å². The van der Waals surface area contributed by atoms with E-state index in [0.717, 1.165) is 16.3 Å². The fourth-order valence-electron chi connectivity index (χ4n) is 3.86. The number of allylic oxidation sites excluding steroid dienone is 1. The van der Waals surface area contributed by atoms with Crippen molar-refractivity contribution in [3.63, 3.8) is 0 Å². The van der Waals surface area contributed by atoms with E-state index >= 15 is 0 Å². The number of fused-ring (bicyclic) bond motifs is 1. The molecule has 0 bridgehead atoms. The Morgan fingerprint density at radius 2 is 1.47 bits per heavy atom. The molecule has 0 saturated heterocycles. The van der Waals surface area contributed by atoms with Gasteiger partial charge >= 0.3 is 0 Å². The molecule has 4 heteroatoms. The lowest BCUT2D eigenvalue weighted by molar-refractivity contribution is 0.103. The molecular weight excluding hydrogens is 422 g/mol. The van der Waals surface area contributed by atoms with Crippen LogP contribution in [0.15, 0.2) is 84.9 Å². The highest BCUT2D eigenvalue weighted by Crippen LogP contribution is 2.34. The molecule has 0 spiro atoms. The van der Waals surface area contributed by atoms with Crippen molar-refractivity contribution in [3.8, 4) is 17.6 Å². The summed E-state index contributed by atoms with van der Waals surface area (Å²) in [5.41, 5.74) is 2.92. The third-order valence-corrected chi connectivity index (χ3v) is 5.47. The van der Waals surface area contributed by atoms with Gasteiger partial charge in [-0.25, -0.2) is 0 Å². The monoisotopic (exact) mass is 447 g/mol. The van der Waals surface area contributed by atoms with Gasteiger partial charge in [-0.05, 0) is 48.4 Å². The van der Waals surface area contributed by atoms with Crippen LogP contribution in [-0.2, 0) is 0 Å². The van der Waals surface area contributed by atoms with E-state index in [9.17, 15) is 10.1 Å². The summed E-state index contributed by atoms with van der Waals surface area (Å²) in [6.45, 7) is 4.62. The predicted molar refractivity (Wildman–Crippen MR) is 136 cm³/mol. The zero-order chi connectivity index (χ0) is 23.9.